The Bertz CT molecular complexity index is 2640. The molecular weight excluding hydrogens is 1160 g/mol. The van der Waals surface area contributed by atoms with E-state index in [1.807, 2.05) is 13.8 Å². The summed E-state index contributed by atoms with van der Waals surface area (Å²) in [6.45, 7) is 3.05. The molecule has 2 heterocycles. The fourth-order valence-corrected chi connectivity index (χ4v) is 9.93. The van der Waals surface area contributed by atoms with Crippen LogP contribution in [-0.2, 0) is 68.7 Å². The third-order valence-electron chi connectivity index (χ3n) is 14.5. The summed E-state index contributed by atoms with van der Waals surface area (Å²) in [4.78, 5) is 181. The number of carbonyl (C=O) groups is 13. The lowest BCUT2D eigenvalue weighted by Crippen LogP contribution is -2.60. The maximum Gasteiger partial charge on any atom is 0.328 e. The molecule has 2 saturated heterocycles. The summed E-state index contributed by atoms with van der Waals surface area (Å²) >= 11 is 0. The van der Waals surface area contributed by atoms with Gasteiger partial charge in [0.2, 0.25) is 59.1 Å². The number of carboxylic acid groups (broad SMARTS) is 3. The van der Waals surface area contributed by atoms with Gasteiger partial charge in [0.05, 0.1) is 12.6 Å². The van der Waals surface area contributed by atoms with Crippen molar-refractivity contribution in [1.29, 1.82) is 0 Å². The van der Waals surface area contributed by atoms with Gasteiger partial charge in [0.25, 0.3) is 0 Å². The Morgan fingerprint density at radius 1 is 0.568 bits per heavy atom. The van der Waals surface area contributed by atoms with Gasteiger partial charge in [0.15, 0.2) is 5.96 Å². The van der Waals surface area contributed by atoms with Crippen LogP contribution in [0.1, 0.15) is 122 Å². The van der Waals surface area contributed by atoms with E-state index in [0.717, 1.165) is 4.90 Å². The van der Waals surface area contributed by atoms with Gasteiger partial charge in [-0.2, -0.15) is 0 Å². The Hall–Kier alpha value is -8.72. The van der Waals surface area contributed by atoms with Gasteiger partial charge >= 0.3 is 17.9 Å². The van der Waals surface area contributed by atoms with Crippen LogP contribution >= 0.6 is 0 Å². The van der Waals surface area contributed by atoms with Crippen molar-refractivity contribution in [2.24, 2.45) is 39.6 Å². The standard InChI is InChI=1S/C55H87N15O18/c1-29(2)26-32(57)45(78)65-36(8-3-4-22-56)52(85)69-24-6-10-40(69)50(83)64-33(9-5-23-61-55(59)60)46(79)62-34(17-20-43(74)75)47(80)63-35(18-21-44(76)77)48(81)67-38(27-30-12-14-31(72)15-13-30)49(82)66-37(16-19-42(58)73)53(86)70-25-7-11-41(70)51(84)68-39(28-71)54(87)88/h12-15,29,32-41,71-72H,3-11,16-28,56-57H2,1-2H3,(H2,58,73)(H,62,79)(H,63,80)(H,64,83)(H,65,78)(H,66,82)(H,67,81)(H,68,84)(H,74,75)(H,76,77)(H,87,88)(H4,59,60,61)/t32-,33-,34-,35-,36-,37-,38-,39-,40-,41-/m0/s1. The number of aromatic hydroxyl groups is 1. The predicted octanol–water partition coefficient (Wildman–Crippen LogP) is -5.06. The van der Waals surface area contributed by atoms with E-state index in [-0.39, 0.29) is 81.3 Å². The molecule has 1 aromatic rings. The van der Waals surface area contributed by atoms with Gasteiger partial charge in [-0.3, -0.25) is 62.5 Å². The molecule has 0 aromatic heterocycles. The van der Waals surface area contributed by atoms with E-state index >= 15 is 0 Å². The molecule has 33 nitrogen and oxygen atoms in total. The minimum absolute atomic E-state index is 0.0344. The zero-order valence-corrected chi connectivity index (χ0v) is 49.5. The minimum atomic E-state index is -1.87. The largest absolute Gasteiger partial charge is 0.508 e. The van der Waals surface area contributed by atoms with Crippen LogP contribution in [0.3, 0.4) is 0 Å². The average Bonchev–Trinajstić information content (AvgIpc) is 3.03. The number of phenolic OH excluding ortho intramolecular Hbond substituents is 1. The predicted molar refractivity (Wildman–Crippen MR) is 312 cm³/mol. The van der Waals surface area contributed by atoms with Crippen molar-refractivity contribution in [1.82, 2.24) is 47.0 Å². The van der Waals surface area contributed by atoms with Crippen LogP contribution < -0.4 is 65.9 Å². The number of guanidine groups is 1. The number of hydrogen-bond acceptors (Lipinski definition) is 18. The van der Waals surface area contributed by atoms with Gasteiger partial charge in [0, 0.05) is 45.3 Å². The Labute approximate surface area is 507 Å². The molecule has 0 aliphatic carbocycles. The monoisotopic (exact) mass is 1250 g/mol. The first-order chi connectivity index (χ1) is 41.6. The number of unbranched alkanes of at least 4 members (excludes halogenated alkanes) is 1. The summed E-state index contributed by atoms with van der Waals surface area (Å²) < 4.78 is 0. The number of carbonyl (C=O) groups excluding carboxylic acids is 10. The van der Waals surface area contributed by atoms with Gasteiger partial charge in [-0.1, -0.05) is 26.0 Å². The van der Waals surface area contributed by atoms with E-state index in [4.69, 9.17) is 28.7 Å². The highest BCUT2D eigenvalue weighted by atomic mass is 16.4. The first-order valence-electron chi connectivity index (χ1n) is 29.1. The molecule has 0 unspecified atom stereocenters. The smallest absolute Gasteiger partial charge is 0.328 e. The summed E-state index contributed by atoms with van der Waals surface area (Å²) in [6, 6.07) is -9.54. The molecule has 490 valence electrons. The minimum Gasteiger partial charge on any atom is -0.508 e. The maximum absolute atomic E-state index is 14.4. The highest BCUT2D eigenvalue weighted by molar-refractivity contribution is 5.99. The van der Waals surface area contributed by atoms with Crippen molar-refractivity contribution in [3.8, 4) is 5.75 Å². The summed E-state index contributed by atoms with van der Waals surface area (Å²) in [7, 11) is 0. The molecule has 3 rings (SSSR count). The van der Waals surface area contributed by atoms with E-state index in [1.165, 1.54) is 29.2 Å². The lowest BCUT2D eigenvalue weighted by atomic mass is 10.0. The number of benzene rings is 1. The Morgan fingerprint density at radius 2 is 1.00 bits per heavy atom. The molecule has 33 heteroatoms. The van der Waals surface area contributed by atoms with Gasteiger partial charge in [-0.15, -0.1) is 0 Å². The van der Waals surface area contributed by atoms with Crippen molar-refractivity contribution in [3.05, 3.63) is 29.8 Å². The first kappa shape index (κ1) is 73.5. The molecule has 10 atom stereocenters. The van der Waals surface area contributed by atoms with Crippen LogP contribution in [0.4, 0.5) is 0 Å². The summed E-state index contributed by atoms with van der Waals surface area (Å²) in [5.74, 6) is -14.2. The second-order valence-corrected chi connectivity index (χ2v) is 22.0. The number of aliphatic hydroxyl groups excluding tert-OH is 1. The molecule has 2 aliphatic rings. The van der Waals surface area contributed by atoms with Gasteiger partial charge in [-0.05, 0) is 114 Å². The highest BCUT2D eigenvalue weighted by Gasteiger charge is 2.42. The van der Waals surface area contributed by atoms with Crippen LogP contribution in [0.15, 0.2) is 29.3 Å². The van der Waals surface area contributed by atoms with Gasteiger partial charge in [-0.25, -0.2) is 4.79 Å². The number of nitrogens with zero attached hydrogens (tertiary/aromatic N) is 3. The lowest BCUT2D eigenvalue weighted by molar-refractivity contribution is -0.145. The molecule has 0 radical (unpaired) electrons. The van der Waals surface area contributed by atoms with Gasteiger partial charge in [0.1, 0.15) is 60.1 Å². The van der Waals surface area contributed by atoms with E-state index < -0.39 is 189 Å². The van der Waals surface area contributed by atoms with E-state index in [0.29, 0.717) is 32.2 Å². The molecule has 88 heavy (non-hydrogen) atoms. The molecule has 2 fully saturated rings. The van der Waals surface area contributed by atoms with Crippen molar-refractivity contribution in [2.45, 2.75) is 183 Å². The number of carboxylic acids is 3. The molecular formula is C55H87N15O18. The number of aliphatic imine (C=N–C) groups is 1. The fraction of sp³-hybridized carbons (Fsp3) is 0.636. The molecule has 2 aliphatic heterocycles. The maximum atomic E-state index is 14.4. The summed E-state index contributed by atoms with van der Waals surface area (Å²) in [5, 5.41) is 65.6. The topological polar surface area (TPSA) is 556 Å². The molecule has 22 N–H and O–H groups in total. The lowest BCUT2D eigenvalue weighted by Gasteiger charge is -2.31. The number of hydrogen-bond donors (Lipinski definition) is 17. The zero-order chi connectivity index (χ0) is 65.8. The normalized spacial score (nSPS) is 17.3. The quantitative estimate of drug-likeness (QED) is 0.0167. The van der Waals surface area contributed by atoms with Crippen molar-refractivity contribution >= 4 is 82.9 Å². The van der Waals surface area contributed by atoms with E-state index in [9.17, 15) is 87.9 Å². The number of phenols is 1. The van der Waals surface area contributed by atoms with Crippen LogP contribution in [0, 0.1) is 5.92 Å². The molecule has 0 saturated carbocycles. The number of nitrogens with one attached hydrogen (secondary N) is 7. The zero-order valence-electron chi connectivity index (χ0n) is 49.5. The number of nitrogens with two attached hydrogens (primary N) is 5. The second-order valence-electron chi connectivity index (χ2n) is 22.0. The molecule has 0 spiro atoms. The summed E-state index contributed by atoms with van der Waals surface area (Å²) in [5.41, 5.74) is 28.6. The fourth-order valence-electron chi connectivity index (χ4n) is 9.93. The van der Waals surface area contributed by atoms with Crippen molar-refractivity contribution in [2.75, 3.05) is 32.8 Å². The Morgan fingerprint density at radius 3 is 1.45 bits per heavy atom. The van der Waals surface area contributed by atoms with Crippen LogP contribution in [0.5, 0.6) is 5.75 Å². The van der Waals surface area contributed by atoms with Crippen LogP contribution in [0.25, 0.3) is 0 Å². The molecule has 1 aromatic carbocycles. The number of likely N-dealkylation sites (tertiary alicyclic amines) is 2. The number of amides is 10. The third-order valence-corrected chi connectivity index (χ3v) is 14.5. The molecule has 10 amide bonds. The third kappa shape index (κ3) is 24.9. The highest BCUT2D eigenvalue weighted by Crippen LogP contribution is 2.23. The number of primary amides is 1. The van der Waals surface area contributed by atoms with Gasteiger partial charge < -0.3 is 101 Å². The average molecular weight is 1250 g/mol. The van der Waals surface area contributed by atoms with E-state index in [2.05, 4.69) is 42.2 Å². The van der Waals surface area contributed by atoms with E-state index in [1.54, 1.807) is 0 Å². The Kier molecular flexibility index (Phi) is 31.0. The Balaban J connectivity index is 1.99. The number of aliphatic carboxylic acids is 3. The molecule has 0 bridgehead atoms. The second kappa shape index (κ2) is 37.1. The summed E-state index contributed by atoms with van der Waals surface area (Å²) in [6.07, 6.45) is -2.21. The number of rotatable bonds is 39. The first-order valence-corrected chi connectivity index (χ1v) is 29.1. The number of aliphatic hydroxyl groups is 1. The van der Waals surface area contributed by atoms with Crippen molar-refractivity contribution in [3.63, 3.8) is 0 Å². The SMILES string of the molecule is CC(C)C[C@H](N)C(=O)N[C@@H](CCCCN)C(=O)N1CCC[C@H]1C(=O)N[C@@H](CCCN=C(N)N)C(=O)N[C@@H](CCC(=O)O)C(=O)N[C@@H](CCC(=O)O)C(=O)N[C@@H](Cc1ccc(O)cc1)C(=O)N[C@@H](CCC(N)=O)C(=O)N1CCC[C@H]1C(=O)N[C@@H](CO)C(=O)O. The van der Waals surface area contributed by atoms with Crippen molar-refractivity contribution < 1.29 is 87.9 Å². The van der Waals surface area contributed by atoms with Crippen LogP contribution in [0.2, 0.25) is 0 Å². The van der Waals surface area contributed by atoms with Crippen LogP contribution in [-0.4, -0.2) is 211 Å².